The summed E-state index contributed by atoms with van der Waals surface area (Å²) in [6.07, 6.45) is 15.0. The maximum Gasteiger partial charge on any atom is 3.00 e. The van der Waals surface area contributed by atoms with E-state index in [9.17, 15) is 0 Å². The van der Waals surface area contributed by atoms with Gasteiger partial charge in [0.15, 0.2) is 0 Å². The maximum absolute atomic E-state index is 7.00. The van der Waals surface area contributed by atoms with E-state index in [1.807, 2.05) is 0 Å². The minimum absolute atomic E-state index is 0. The third kappa shape index (κ3) is 17.1. The van der Waals surface area contributed by atoms with Crippen molar-refractivity contribution >= 4 is 8.07 Å². The number of hydrogen-bond donors (Lipinski definition) is 1. The van der Waals surface area contributed by atoms with Gasteiger partial charge in [-0.15, -0.1) is 0 Å². The third-order valence-corrected chi connectivity index (χ3v) is 9.33. The van der Waals surface area contributed by atoms with Crippen molar-refractivity contribution in [2.75, 3.05) is 7.11 Å². The molecule has 0 amide bonds. The summed E-state index contributed by atoms with van der Waals surface area (Å²) in [5.41, 5.74) is 3.24. The molecule has 1 nitrogen and oxygen atoms in total. The summed E-state index contributed by atoms with van der Waals surface area (Å²) in [5.74, 6) is 2.78. The summed E-state index contributed by atoms with van der Waals surface area (Å²) in [6.45, 7) is 14.9. The van der Waals surface area contributed by atoms with E-state index in [1.54, 1.807) is 0 Å². The molecule has 0 bridgehead atoms. The van der Waals surface area contributed by atoms with Crippen LogP contribution in [-0.4, -0.2) is 20.3 Å². The fourth-order valence-electron chi connectivity index (χ4n) is 2.18. The summed E-state index contributed by atoms with van der Waals surface area (Å²) < 4.78 is 0. The normalized spacial score (nSPS) is 16.0. The number of aliphatic hydroxyl groups is 1. The first-order valence-electron chi connectivity index (χ1n) is 9.05. The molecule has 3 heteroatoms. The molecular formula is C20H41OSiZr+2. The van der Waals surface area contributed by atoms with Crippen LogP contribution in [0.25, 0.3) is 0 Å². The standard InChI is InChI=1S/C9H17Si.2C5H10.CH4O.Zr/c1-7-8-10(5,6)9(2,3)4;2*1-2-4-5-3-1;1-2;/h1H2,2-6H3;2*1-5H2;2H,1H3;/q-1;;;;+3. The second-order valence-electron chi connectivity index (χ2n) is 7.71. The van der Waals surface area contributed by atoms with E-state index in [2.05, 4.69) is 52.3 Å². The van der Waals surface area contributed by atoms with Crippen molar-refractivity contribution in [3.63, 3.8) is 0 Å². The molecule has 0 heterocycles. The molecule has 1 N–H and O–H groups in total. The average molecular weight is 417 g/mol. The van der Waals surface area contributed by atoms with Crippen molar-refractivity contribution in [2.24, 2.45) is 0 Å². The number of aliphatic hydroxyl groups excluding tert-OH is 1. The molecule has 0 atom stereocenters. The first kappa shape index (κ1) is 28.3. The topological polar surface area (TPSA) is 20.2 Å². The van der Waals surface area contributed by atoms with Crippen LogP contribution in [0.1, 0.15) is 85.0 Å². The Labute approximate surface area is 167 Å². The zero-order valence-electron chi connectivity index (χ0n) is 16.7. The second kappa shape index (κ2) is 17.3. The Balaban J connectivity index is -0.000000259. The summed E-state index contributed by atoms with van der Waals surface area (Å²) in [4.78, 5) is 0. The van der Waals surface area contributed by atoms with Gasteiger partial charge in [0.2, 0.25) is 0 Å². The van der Waals surface area contributed by atoms with Crippen LogP contribution in [-0.2, 0) is 26.2 Å². The fraction of sp³-hybridized carbons (Fsp3) is 0.850. The molecule has 23 heavy (non-hydrogen) atoms. The second-order valence-corrected chi connectivity index (χ2v) is 12.7. The summed E-state index contributed by atoms with van der Waals surface area (Å²) in [7, 11) is -0.329. The predicted molar refractivity (Wildman–Crippen MR) is 105 cm³/mol. The van der Waals surface area contributed by atoms with Crippen molar-refractivity contribution in [1.82, 2.24) is 0 Å². The van der Waals surface area contributed by atoms with Gasteiger partial charge in [0.05, 0.1) is 0 Å². The third-order valence-electron chi connectivity index (χ3n) is 4.78. The van der Waals surface area contributed by atoms with E-state index >= 15 is 0 Å². The Kier molecular flexibility index (Phi) is 21.3. The molecule has 0 aromatic carbocycles. The van der Waals surface area contributed by atoms with Crippen LogP contribution in [0.3, 0.4) is 0 Å². The molecule has 133 valence electrons. The van der Waals surface area contributed by atoms with Crippen molar-refractivity contribution in [2.45, 2.75) is 103 Å². The van der Waals surface area contributed by atoms with E-state index in [-0.39, 0.29) is 26.2 Å². The minimum atomic E-state index is -1.33. The van der Waals surface area contributed by atoms with E-state index in [1.165, 1.54) is 64.2 Å². The monoisotopic (exact) mass is 415 g/mol. The molecule has 0 unspecified atom stereocenters. The van der Waals surface area contributed by atoms with Crippen LogP contribution in [0.2, 0.25) is 18.1 Å². The molecule has 2 aliphatic rings. The Morgan fingerprint density at radius 2 is 0.957 bits per heavy atom. The molecule has 0 saturated heterocycles. The zero-order chi connectivity index (χ0) is 17.5. The first-order valence-corrected chi connectivity index (χ1v) is 12.1. The number of rotatable bonds is 0. The Hall–Kier alpha value is 0.490. The van der Waals surface area contributed by atoms with Crippen LogP contribution in [0.4, 0.5) is 0 Å². The molecule has 2 aliphatic carbocycles. The van der Waals surface area contributed by atoms with Crippen molar-refractivity contribution < 1.29 is 31.3 Å². The molecule has 2 fully saturated rings. The Morgan fingerprint density at radius 3 is 1.04 bits per heavy atom. The minimum Gasteiger partial charge on any atom is -0.400 e. The fourth-order valence-corrected chi connectivity index (χ4v) is 2.99. The van der Waals surface area contributed by atoms with Crippen LogP contribution >= 0.6 is 0 Å². The van der Waals surface area contributed by atoms with Gasteiger partial charge in [-0.2, -0.15) is 6.92 Å². The van der Waals surface area contributed by atoms with Gasteiger partial charge in [0, 0.05) is 15.2 Å². The van der Waals surface area contributed by atoms with E-state index in [0.717, 1.165) is 7.11 Å². The molecule has 0 aromatic heterocycles. The van der Waals surface area contributed by atoms with E-state index in [0.29, 0.717) is 5.04 Å². The quantitative estimate of drug-likeness (QED) is 0.276. The van der Waals surface area contributed by atoms with Gasteiger partial charge in [-0.05, 0) is 5.04 Å². The Morgan fingerprint density at radius 1 is 0.739 bits per heavy atom. The molecule has 0 aromatic rings. The van der Waals surface area contributed by atoms with E-state index in [4.69, 9.17) is 5.11 Å². The molecule has 0 aliphatic heterocycles. The SMILES string of the molecule is C1CCCC1.C1CCCC1.CO.[CH2-]C#C[Si](C)(C)C(C)(C)C.[Zr+3]. The van der Waals surface area contributed by atoms with E-state index < -0.39 is 8.07 Å². The van der Waals surface area contributed by atoms with Crippen molar-refractivity contribution in [3.05, 3.63) is 6.92 Å². The summed E-state index contributed by atoms with van der Waals surface area (Å²) in [5, 5.41) is 7.37. The van der Waals surface area contributed by atoms with Gasteiger partial charge in [-0.25, -0.2) is 0 Å². The molecular weight excluding hydrogens is 376 g/mol. The molecule has 0 spiro atoms. The van der Waals surface area contributed by atoms with Crippen LogP contribution < -0.4 is 0 Å². The van der Waals surface area contributed by atoms with Crippen LogP contribution in [0.5, 0.6) is 0 Å². The van der Waals surface area contributed by atoms with Gasteiger partial charge >= 0.3 is 26.2 Å². The first-order chi connectivity index (χ1) is 10.3. The largest absolute Gasteiger partial charge is 3.00 e. The summed E-state index contributed by atoms with van der Waals surface area (Å²) >= 11 is 0. The van der Waals surface area contributed by atoms with Gasteiger partial charge in [0.1, 0.15) is 0 Å². The van der Waals surface area contributed by atoms with Crippen molar-refractivity contribution in [3.8, 4) is 11.5 Å². The maximum atomic E-state index is 7.00. The van der Waals surface area contributed by atoms with Gasteiger partial charge in [-0.1, -0.05) is 98.1 Å². The van der Waals surface area contributed by atoms with Gasteiger partial charge < -0.3 is 10.7 Å². The van der Waals surface area contributed by atoms with Gasteiger partial charge in [-0.3, -0.25) is 5.92 Å². The average Bonchev–Trinajstić information content (AvgIpc) is 3.19. The molecule has 2 saturated carbocycles. The smallest absolute Gasteiger partial charge is 0.400 e. The zero-order valence-corrected chi connectivity index (χ0v) is 20.2. The van der Waals surface area contributed by atoms with Crippen molar-refractivity contribution in [1.29, 1.82) is 0 Å². The van der Waals surface area contributed by atoms with Crippen LogP contribution in [0.15, 0.2) is 0 Å². The van der Waals surface area contributed by atoms with Gasteiger partial charge in [0.25, 0.3) is 0 Å². The van der Waals surface area contributed by atoms with Crippen LogP contribution in [0, 0.1) is 18.4 Å². The molecule has 2 rings (SSSR count). The number of hydrogen-bond acceptors (Lipinski definition) is 1. The summed E-state index contributed by atoms with van der Waals surface area (Å²) in [6, 6.07) is 0. The molecule has 1 radical (unpaired) electrons. The Bertz CT molecular complexity index is 264. The predicted octanol–water partition coefficient (Wildman–Crippen LogP) is 6.38.